The van der Waals surface area contributed by atoms with Crippen molar-refractivity contribution in [3.05, 3.63) is 59.7 Å². The van der Waals surface area contributed by atoms with Crippen molar-refractivity contribution in [1.29, 1.82) is 0 Å². The number of nitrogens with two attached hydrogens (primary N) is 2. The zero-order valence-electron chi connectivity index (χ0n) is 14.6. The average Bonchev–Trinajstić information content (AvgIpc) is 2.72. The molecule has 2 aromatic rings. The third-order valence-electron chi connectivity index (χ3n) is 3.50. The molecule has 2 aromatic carbocycles. The number of hydrazine groups is 2. The number of nitrogen functional groups attached to an aromatic ring is 2. The first-order valence-electron chi connectivity index (χ1n) is 8.20. The number of hydrogen-bond donors (Lipinski definition) is 4. The van der Waals surface area contributed by atoms with E-state index in [1.807, 2.05) is 0 Å². The molecule has 27 heavy (non-hydrogen) atoms. The molecule has 0 atom stereocenters. The van der Waals surface area contributed by atoms with Crippen LogP contribution in [-0.4, -0.2) is 38.2 Å². The molecule has 0 saturated heterocycles. The molecule has 2 amide bonds. The van der Waals surface area contributed by atoms with E-state index < -0.39 is 11.8 Å². The highest BCUT2D eigenvalue weighted by Crippen LogP contribution is 2.18. The van der Waals surface area contributed by atoms with Crippen LogP contribution in [0.1, 0.15) is 20.7 Å². The summed E-state index contributed by atoms with van der Waals surface area (Å²) in [7, 11) is 0. The van der Waals surface area contributed by atoms with Crippen molar-refractivity contribution in [3.63, 3.8) is 0 Å². The fourth-order valence-electron chi connectivity index (χ4n) is 2.24. The molecule has 0 aliphatic rings. The van der Waals surface area contributed by atoms with Gasteiger partial charge in [0.1, 0.15) is 24.7 Å². The van der Waals surface area contributed by atoms with E-state index >= 15 is 0 Å². The molecule has 6 N–H and O–H groups in total. The van der Waals surface area contributed by atoms with Gasteiger partial charge >= 0.3 is 0 Å². The van der Waals surface area contributed by atoms with Crippen LogP contribution in [0, 0.1) is 0 Å². The Hall–Kier alpha value is -3.14. The lowest BCUT2D eigenvalue weighted by Crippen LogP contribution is -2.30. The van der Waals surface area contributed by atoms with Gasteiger partial charge in [0.25, 0.3) is 11.8 Å². The summed E-state index contributed by atoms with van der Waals surface area (Å²) in [5.74, 6) is 10.3. The highest BCUT2D eigenvalue weighted by Gasteiger charge is 2.11. The Bertz CT molecular complexity index is 705. The number of para-hydroxylation sites is 2. The molecule has 0 unspecified atom stereocenters. The number of ether oxygens (including phenoxy) is 3. The van der Waals surface area contributed by atoms with Crippen molar-refractivity contribution in [3.8, 4) is 11.5 Å². The highest BCUT2D eigenvalue weighted by atomic mass is 16.5. The van der Waals surface area contributed by atoms with Crippen LogP contribution in [-0.2, 0) is 4.74 Å². The minimum absolute atomic E-state index is 0.251. The van der Waals surface area contributed by atoms with Crippen LogP contribution in [0.25, 0.3) is 0 Å². The zero-order chi connectivity index (χ0) is 19.5. The summed E-state index contributed by atoms with van der Waals surface area (Å²) in [4.78, 5) is 23.3. The number of carbonyl (C=O) groups is 2. The Morgan fingerprint density at radius 1 is 0.704 bits per heavy atom. The summed E-state index contributed by atoms with van der Waals surface area (Å²) in [6.07, 6.45) is 0. The average molecular weight is 374 g/mol. The van der Waals surface area contributed by atoms with Crippen molar-refractivity contribution in [1.82, 2.24) is 10.9 Å². The van der Waals surface area contributed by atoms with Gasteiger partial charge in [-0.3, -0.25) is 20.4 Å². The fraction of sp³-hybridized carbons (Fsp3) is 0.222. The minimum Gasteiger partial charge on any atom is -0.490 e. The largest absolute Gasteiger partial charge is 0.490 e. The van der Waals surface area contributed by atoms with Crippen LogP contribution in [0.5, 0.6) is 11.5 Å². The third-order valence-corrected chi connectivity index (χ3v) is 3.50. The molecule has 0 bridgehead atoms. The molecule has 0 heterocycles. The van der Waals surface area contributed by atoms with E-state index in [1.54, 1.807) is 48.5 Å². The summed E-state index contributed by atoms with van der Waals surface area (Å²) in [6.45, 7) is 1.10. The van der Waals surface area contributed by atoms with E-state index in [-0.39, 0.29) is 13.2 Å². The van der Waals surface area contributed by atoms with Gasteiger partial charge in [-0.1, -0.05) is 24.3 Å². The van der Waals surface area contributed by atoms with Gasteiger partial charge in [-0.2, -0.15) is 0 Å². The quantitative estimate of drug-likeness (QED) is 0.204. The number of benzene rings is 2. The number of rotatable bonds is 10. The minimum atomic E-state index is -0.430. The summed E-state index contributed by atoms with van der Waals surface area (Å²) in [5.41, 5.74) is 4.83. The fourth-order valence-corrected chi connectivity index (χ4v) is 2.24. The molecule has 0 saturated carbocycles. The molecule has 144 valence electrons. The van der Waals surface area contributed by atoms with E-state index in [9.17, 15) is 9.59 Å². The molecule has 0 aliphatic heterocycles. The lowest BCUT2D eigenvalue weighted by molar-refractivity contribution is 0.0749. The van der Waals surface area contributed by atoms with Crippen LogP contribution in [0.2, 0.25) is 0 Å². The topological polar surface area (TPSA) is 138 Å². The normalized spacial score (nSPS) is 10.1. The summed E-state index contributed by atoms with van der Waals surface area (Å²) < 4.78 is 16.5. The summed E-state index contributed by atoms with van der Waals surface area (Å²) in [6, 6.07) is 13.5. The molecular formula is C18H22N4O5. The van der Waals surface area contributed by atoms with Gasteiger partial charge in [-0.15, -0.1) is 0 Å². The predicted octanol–water partition coefficient (Wildman–Crippen LogP) is 0.368. The second-order valence-corrected chi connectivity index (χ2v) is 5.25. The monoisotopic (exact) mass is 374 g/mol. The first-order valence-corrected chi connectivity index (χ1v) is 8.20. The Morgan fingerprint density at radius 3 is 1.52 bits per heavy atom. The van der Waals surface area contributed by atoms with Gasteiger partial charge in [0, 0.05) is 0 Å². The number of amides is 2. The standard InChI is InChI=1S/C18H22N4O5/c19-21-17(23)13-5-1-3-7-15(13)26-11-9-25-10-12-27-16-8-4-2-6-14(16)18(24)22-20/h1-8H,9-12,19-20H2,(H,21,23)(H,22,24). The first kappa shape index (κ1) is 20.2. The number of nitrogens with one attached hydrogen (secondary N) is 2. The second kappa shape index (κ2) is 10.8. The van der Waals surface area contributed by atoms with Crippen LogP contribution in [0.4, 0.5) is 0 Å². The summed E-state index contributed by atoms with van der Waals surface area (Å²) in [5, 5.41) is 0. The molecular weight excluding hydrogens is 352 g/mol. The molecule has 9 heteroatoms. The Labute approximate surface area is 156 Å². The maximum atomic E-state index is 11.6. The van der Waals surface area contributed by atoms with E-state index in [4.69, 9.17) is 25.9 Å². The van der Waals surface area contributed by atoms with Crippen LogP contribution >= 0.6 is 0 Å². The molecule has 2 rings (SSSR count). The van der Waals surface area contributed by atoms with Crippen molar-refractivity contribution >= 4 is 11.8 Å². The van der Waals surface area contributed by atoms with Gasteiger partial charge in [0.2, 0.25) is 0 Å². The third kappa shape index (κ3) is 5.96. The van der Waals surface area contributed by atoms with E-state index in [0.717, 1.165) is 0 Å². The van der Waals surface area contributed by atoms with Gasteiger partial charge in [0.15, 0.2) is 0 Å². The van der Waals surface area contributed by atoms with Gasteiger partial charge in [-0.25, -0.2) is 11.7 Å². The van der Waals surface area contributed by atoms with Gasteiger partial charge in [-0.05, 0) is 24.3 Å². The molecule has 0 aliphatic carbocycles. The van der Waals surface area contributed by atoms with Gasteiger partial charge < -0.3 is 14.2 Å². The predicted molar refractivity (Wildman–Crippen MR) is 98.0 cm³/mol. The first-order chi connectivity index (χ1) is 13.2. The van der Waals surface area contributed by atoms with Crippen molar-refractivity contribution < 1.29 is 23.8 Å². The van der Waals surface area contributed by atoms with Crippen LogP contribution < -0.4 is 32.0 Å². The second-order valence-electron chi connectivity index (χ2n) is 5.25. The van der Waals surface area contributed by atoms with Crippen LogP contribution in [0.15, 0.2) is 48.5 Å². The maximum Gasteiger partial charge on any atom is 0.268 e. The molecule has 0 fully saturated rings. The lowest BCUT2D eigenvalue weighted by atomic mass is 10.2. The van der Waals surface area contributed by atoms with E-state index in [0.29, 0.717) is 35.8 Å². The molecule has 0 aromatic heterocycles. The Balaban J connectivity index is 1.71. The summed E-state index contributed by atoms with van der Waals surface area (Å²) >= 11 is 0. The van der Waals surface area contributed by atoms with Crippen molar-refractivity contribution in [2.75, 3.05) is 26.4 Å². The van der Waals surface area contributed by atoms with Gasteiger partial charge in [0.05, 0.1) is 24.3 Å². The molecule has 9 nitrogen and oxygen atoms in total. The number of carbonyl (C=O) groups excluding carboxylic acids is 2. The van der Waals surface area contributed by atoms with Crippen molar-refractivity contribution in [2.45, 2.75) is 0 Å². The lowest BCUT2D eigenvalue weighted by Gasteiger charge is -2.12. The molecule has 0 radical (unpaired) electrons. The molecule has 0 spiro atoms. The Morgan fingerprint density at radius 2 is 1.11 bits per heavy atom. The Kier molecular flexibility index (Phi) is 8.04. The zero-order valence-corrected chi connectivity index (χ0v) is 14.6. The highest BCUT2D eigenvalue weighted by molar-refractivity contribution is 5.96. The number of hydrogen-bond acceptors (Lipinski definition) is 7. The smallest absolute Gasteiger partial charge is 0.268 e. The van der Waals surface area contributed by atoms with Crippen LogP contribution in [0.3, 0.4) is 0 Å². The SMILES string of the molecule is NNC(=O)c1ccccc1OCCOCCOc1ccccc1C(=O)NN. The maximum absolute atomic E-state index is 11.6. The van der Waals surface area contributed by atoms with E-state index in [2.05, 4.69) is 10.9 Å². The van der Waals surface area contributed by atoms with Crippen molar-refractivity contribution in [2.24, 2.45) is 11.7 Å². The van der Waals surface area contributed by atoms with E-state index in [1.165, 1.54) is 0 Å².